The monoisotopic (exact) mass is 825 g/mol. The summed E-state index contributed by atoms with van der Waals surface area (Å²) < 4.78 is 133. The number of rotatable bonds is 21. The highest BCUT2D eigenvalue weighted by molar-refractivity contribution is 7.90. The Morgan fingerprint density at radius 3 is 1.53 bits per heavy atom. The van der Waals surface area contributed by atoms with Crippen LogP contribution in [0.3, 0.4) is 0 Å². The van der Waals surface area contributed by atoms with E-state index in [2.05, 4.69) is 30.4 Å². The number of benzene rings is 2. The van der Waals surface area contributed by atoms with E-state index in [-0.39, 0.29) is 60.8 Å². The smallest absolute Gasteiger partial charge is 0.335 e. The molecule has 0 saturated heterocycles. The van der Waals surface area contributed by atoms with E-state index in [1.807, 2.05) is 6.92 Å². The van der Waals surface area contributed by atoms with Crippen LogP contribution in [0.4, 0.5) is 23.2 Å². The Balaban J connectivity index is 0.000000526. The molecule has 0 atom stereocenters. The van der Waals surface area contributed by atoms with Gasteiger partial charge in [0.25, 0.3) is 6.47 Å². The number of hydrogen-bond acceptors (Lipinski definition) is 17. The van der Waals surface area contributed by atoms with Gasteiger partial charge in [-0.2, -0.15) is 8.78 Å². The highest BCUT2D eigenvalue weighted by Gasteiger charge is 2.22. The molecule has 0 saturated carbocycles. The van der Waals surface area contributed by atoms with Gasteiger partial charge in [-0.25, -0.2) is 25.6 Å². The second-order valence-corrected chi connectivity index (χ2v) is 14.6. The van der Waals surface area contributed by atoms with Gasteiger partial charge in [0.2, 0.25) is 54.7 Å². The zero-order chi connectivity index (χ0) is 40.6. The molecular formula is C31H35F4N5O13S2. The van der Waals surface area contributed by atoms with Crippen LogP contribution in [0, 0.1) is 23.3 Å². The highest BCUT2D eigenvalue weighted by atomic mass is 32.2. The van der Waals surface area contributed by atoms with Crippen molar-refractivity contribution < 1.29 is 76.5 Å². The van der Waals surface area contributed by atoms with Crippen molar-refractivity contribution in [2.45, 2.75) is 30.2 Å². The molecule has 24 heteroatoms. The molecule has 0 spiro atoms. The lowest BCUT2D eigenvalue weighted by atomic mass is 10.1. The van der Waals surface area contributed by atoms with Crippen molar-refractivity contribution in [2.75, 3.05) is 70.7 Å². The molecule has 0 unspecified atom stereocenters. The number of halogens is 4. The van der Waals surface area contributed by atoms with Gasteiger partial charge in [-0.05, 0) is 24.6 Å². The summed E-state index contributed by atoms with van der Waals surface area (Å²) in [6.07, 6.45) is 2.80. The van der Waals surface area contributed by atoms with Crippen LogP contribution in [-0.2, 0) is 48.2 Å². The van der Waals surface area contributed by atoms with Gasteiger partial charge in [0.05, 0.1) is 52.7 Å². The maximum atomic E-state index is 12.6. The Hall–Kier alpha value is -4.88. The van der Waals surface area contributed by atoms with Crippen molar-refractivity contribution in [1.82, 2.24) is 20.4 Å². The maximum Gasteiger partial charge on any atom is 0.335 e. The van der Waals surface area contributed by atoms with Crippen molar-refractivity contribution in [3.05, 3.63) is 47.5 Å². The van der Waals surface area contributed by atoms with E-state index in [1.165, 1.54) is 18.2 Å². The second kappa shape index (κ2) is 21.3. The van der Waals surface area contributed by atoms with E-state index in [0.717, 1.165) is 18.9 Å². The van der Waals surface area contributed by atoms with Gasteiger partial charge in [0.1, 0.15) is 0 Å². The first kappa shape index (κ1) is 44.5. The lowest BCUT2D eigenvalue weighted by molar-refractivity contribution is -0.121. The number of carbonyl (C=O) groups excluding carboxylic acids is 2. The Bertz CT molecular complexity index is 2000. The fourth-order valence-corrected chi connectivity index (χ4v) is 4.74. The van der Waals surface area contributed by atoms with Gasteiger partial charge in [-0.15, -0.1) is 10.2 Å². The van der Waals surface area contributed by atoms with E-state index >= 15 is 0 Å². The second-order valence-electron chi connectivity index (χ2n) is 10.8. The molecule has 4 aromatic rings. The minimum atomic E-state index is -3.77. The number of hydrogen-bond donors (Lipinski definition) is 1. The largest absolute Gasteiger partial charge is 0.422 e. The first-order valence-corrected chi connectivity index (χ1v) is 19.6. The summed E-state index contributed by atoms with van der Waals surface area (Å²) in [5, 5.41) is 16.1. The van der Waals surface area contributed by atoms with E-state index in [1.54, 1.807) is 0 Å². The van der Waals surface area contributed by atoms with Gasteiger partial charge in [0, 0.05) is 42.0 Å². The number of sulfone groups is 2. The molecule has 0 aliphatic carbocycles. The predicted molar refractivity (Wildman–Crippen MR) is 179 cm³/mol. The average molecular weight is 826 g/mol. The van der Waals surface area contributed by atoms with Gasteiger partial charge in [-0.1, -0.05) is 17.1 Å². The van der Waals surface area contributed by atoms with Crippen molar-refractivity contribution in [3.63, 3.8) is 0 Å². The molecule has 0 bridgehead atoms. The van der Waals surface area contributed by atoms with Gasteiger partial charge in [-0.3, -0.25) is 9.59 Å². The Kier molecular flexibility index (Phi) is 17.2. The van der Waals surface area contributed by atoms with E-state index < -0.39 is 65.0 Å². The molecule has 55 heavy (non-hydrogen) atoms. The number of nitrogens with one attached hydrogen (secondary N) is 1. The van der Waals surface area contributed by atoms with Crippen molar-refractivity contribution >= 4 is 37.7 Å². The predicted octanol–water partition coefficient (Wildman–Crippen LogP) is 3.18. The molecule has 4 rings (SSSR count). The summed E-state index contributed by atoms with van der Waals surface area (Å²) in [7, 11) is -7.55. The van der Waals surface area contributed by atoms with Crippen LogP contribution >= 0.6 is 0 Å². The third-order valence-electron chi connectivity index (χ3n) is 6.33. The zero-order valence-electron chi connectivity index (χ0n) is 29.4. The molecular weight excluding hydrogens is 790 g/mol. The molecule has 0 fully saturated rings. The molecule has 1 amide bonds. The van der Waals surface area contributed by atoms with Crippen LogP contribution < -0.4 is 10.1 Å². The zero-order valence-corrected chi connectivity index (χ0v) is 31.0. The summed E-state index contributed by atoms with van der Waals surface area (Å²) in [6, 6.07) is 4.37. The van der Waals surface area contributed by atoms with E-state index in [4.69, 9.17) is 27.8 Å². The maximum absolute atomic E-state index is 12.6. The van der Waals surface area contributed by atoms with Crippen molar-refractivity contribution in [1.29, 1.82) is 0 Å². The van der Waals surface area contributed by atoms with Crippen LogP contribution in [0.5, 0.6) is 5.75 Å². The molecule has 2 aromatic heterocycles. The number of amides is 1. The van der Waals surface area contributed by atoms with Gasteiger partial charge >= 0.3 is 10.4 Å². The Labute approximate surface area is 311 Å². The third-order valence-corrected chi connectivity index (χ3v) is 7.93. The average Bonchev–Trinajstić information content (AvgIpc) is 3.84. The molecule has 302 valence electrons. The molecule has 18 nitrogen and oxygen atoms in total. The van der Waals surface area contributed by atoms with Crippen LogP contribution in [0.2, 0.25) is 0 Å². The number of anilines is 1. The first-order valence-electron chi connectivity index (χ1n) is 15.8. The van der Waals surface area contributed by atoms with E-state index in [9.17, 15) is 44.0 Å². The molecule has 2 aromatic carbocycles. The quantitative estimate of drug-likeness (QED) is 0.0549. The summed E-state index contributed by atoms with van der Waals surface area (Å²) in [5.74, 6) is -8.87. The third kappa shape index (κ3) is 14.4. The fourth-order valence-electron chi connectivity index (χ4n) is 3.90. The summed E-state index contributed by atoms with van der Waals surface area (Å²) >= 11 is 0. The first-order chi connectivity index (χ1) is 26.0. The van der Waals surface area contributed by atoms with Crippen LogP contribution in [0.15, 0.2) is 43.5 Å². The number of ether oxygens (including phenoxy) is 5. The van der Waals surface area contributed by atoms with Crippen molar-refractivity contribution in [2.24, 2.45) is 0 Å². The van der Waals surface area contributed by atoms with Crippen LogP contribution in [0.25, 0.3) is 22.9 Å². The van der Waals surface area contributed by atoms with Crippen molar-refractivity contribution in [3.8, 4) is 28.7 Å². The molecule has 0 radical (unpaired) electrons. The molecule has 0 aliphatic heterocycles. The molecule has 2 heterocycles. The fraction of sp³-hybridized carbons (Fsp3) is 0.419. The van der Waals surface area contributed by atoms with Crippen LogP contribution in [0.1, 0.15) is 19.8 Å². The van der Waals surface area contributed by atoms with Crippen LogP contribution in [-0.4, -0.2) is 115 Å². The molecule has 1 N–H and O–H groups in total. The van der Waals surface area contributed by atoms with E-state index in [0.29, 0.717) is 39.6 Å². The standard InChI is InChI=1S/C24H33N5O11S2.C7H2F4O2/c1-4-6-35-8-10-37-12-13-38-11-9-36-7-5-20(30)25-19-15-17(21-26-28-23(39-21)41(2,31)32)14-18(16-19)22-27-29-24(40-22)42(3,33)34;8-3-1-4(9)6(11)7(5(3)10)13-2-12/h14-16H,4-13H2,1-3H3,(H,25,30);1-2H. The Morgan fingerprint density at radius 1 is 0.691 bits per heavy atom. The normalized spacial score (nSPS) is 11.5. The number of carbonyl (C=O) groups is 2. The summed E-state index contributed by atoms with van der Waals surface area (Å²) in [5.41, 5.74) is 0.638. The number of nitrogens with zero attached hydrogens (tertiary/aromatic N) is 4. The molecule has 0 aliphatic rings. The Morgan fingerprint density at radius 2 is 1.13 bits per heavy atom. The SMILES string of the molecule is CCCOCCOCCOCCOCCC(=O)Nc1cc(-c2nnc(S(C)(=O)=O)o2)cc(-c2nnc(S(C)(=O)=O)o2)c1.O=COc1c(F)c(F)cc(F)c1F. The van der Waals surface area contributed by atoms with Gasteiger partial charge in [0.15, 0.2) is 11.6 Å². The topological polar surface area (TPSA) is 238 Å². The lowest BCUT2D eigenvalue weighted by Crippen LogP contribution is -2.16. The van der Waals surface area contributed by atoms with Gasteiger partial charge < -0.3 is 37.8 Å². The summed E-state index contributed by atoms with van der Waals surface area (Å²) in [4.78, 5) is 22.3. The highest BCUT2D eigenvalue weighted by Crippen LogP contribution is 2.31. The minimum absolute atomic E-state index is 0.0119. The summed E-state index contributed by atoms with van der Waals surface area (Å²) in [6.45, 7) is 5.07. The minimum Gasteiger partial charge on any atom is -0.422 e. The number of aromatic nitrogens is 4. The lowest BCUT2D eigenvalue weighted by Gasteiger charge is -2.09.